The smallest absolute Gasteiger partial charge is 0.252 e. The normalized spacial score (nSPS) is 10.8. The standard InChI is InChI=1S/C18H25N3O3S/c1-12(2)25-11-14-10-17(22)21-18(20-14)19-8-7-13-5-6-15(23-3)16(9-13)24-4/h5-6,9-10,12H,7-8,11H2,1-4H3,(H2,19,20,21,22). The monoisotopic (exact) mass is 363 g/mol. The van der Waals surface area contributed by atoms with Gasteiger partial charge in [0, 0.05) is 18.4 Å². The molecule has 1 heterocycles. The third-order valence-corrected chi connectivity index (χ3v) is 4.64. The van der Waals surface area contributed by atoms with Gasteiger partial charge in [0.25, 0.3) is 5.56 Å². The van der Waals surface area contributed by atoms with Crippen LogP contribution in [0, 0.1) is 0 Å². The first-order valence-electron chi connectivity index (χ1n) is 8.18. The molecule has 2 aromatic rings. The molecule has 1 aromatic carbocycles. The van der Waals surface area contributed by atoms with Gasteiger partial charge in [-0.15, -0.1) is 0 Å². The molecule has 0 spiro atoms. The topological polar surface area (TPSA) is 76.2 Å². The van der Waals surface area contributed by atoms with E-state index < -0.39 is 0 Å². The van der Waals surface area contributed by atoms with E-state index in [0.717, 1.165) is 23.4 Å². The summed E-state index contributed by atoms with van der Waals surface area (Å²) in [5, 5.41) is 3.68. The molecule has 0 bridgehead atoms. The summed E-state index contributed by atoms with van der Waals surface area (Å²) < 4.78 is 10.6. The zero-order valence-corrected chi connectivity index (χ0v) is 15.9. The number of benzene rings is 1. The molecule has 0 aliphatic heterocycles. The maximum atomic E-state index is 11.8. The van der Waals surface area contributed by atoms with Crippen LogP contribution in [-0.2, 0) is 12.2 Å². The van der Waals surface area contributed by atoms with Crippen LogP contribution < -0.4 is 20.3 Å². The molecule has 2 rings (SSSR count). The Morgan fingerprint density at radius 2 is 1.96 bits per heavy atom. The fraction of sp³-hybridized carbons (Fsp3) is 0.444. The number of hydrogen-bond donors (Lipinski definition) is 2. The number of H-pyrrole nitrogens is 1. The highest BCUT2D eigenvalue weighted by Gasteiger charge is 2.06. The van der Waals surface area contributed by atoms with Crippen molar-refractivity contribution in [2.45, 2.75) is 31.3 Å². The summed E-state index contributed by atoms with van der Waals surface area (Å²) in [7, 11) is 3.24. The molecule has 136 valence electrons. The number of methoxy groups -OCH3 is 2. The fourth-order valence-corrected chi connectivity index (χ4v) is 2.93. The Kier molecular flexibility index (Phi) is 7.18. The second-order valence-electron chi connectivity index (χ2n) is 5.81. The minimum absolute atomic E-state index is 0.136. The summed E-state index contributed by atoms with van der Waals surface area (Å²) in [5.41, 5.74) is 1.76. The van der Waals surface area contributed by atoms with Crippen molar-refractivity contribution < 1.29 is 9.47 Å². The predicted molar refractivity (Wildman–Crippen MR) is 103 cm³/mol. The second kappa shape index (κ2) is 9.36. The molecule has 25 heavy (non-hydrogen) atoms. The molecule has 0 aliphatic carbocycles. The van der Waals surface area contributed by atoms with Gasteiger partial charge in [0.05, 0.1) is 19.9 Å². The maximum Gasteiger partial charge on any atom is 0.252 e. The molecule has 0 atom stereocenters. The molecule has 0 radical (unpaired) electrons. The van der Waals surface area contributed by atoms with Crippen molar-refractivity contribution in [3.8, 4) is 11.5 Å². The van der Waals surface area contributed by atoms with Crippen LogP contribution in [0.1, 0.15) is 25.1 Å². The second-order valence-corrected chi connectivity index (χ2v) is 7.38. The number of hydrogen-bond acceptors (Lipinski definition) is 6. The number of rotatable bonds is 9. The van der Waals surface area contributed by atoms with E-state index in [1.54, 1.807) is 32.0 Å². The Hall–Kier alpha value is -2.15. The third-order valence-electron chi connectivity index (χ3n) is 3.51. The predicted octanol–water partition coefficient (Wildman–Crippen LogP) is 3.08. The van der Waals surface area contributed by atoms with Crippen molar-refractivity contribution in [2.24, 2.45) is 0 Å². The number of thioether (sulfide) groups is 1. The minimum Gasteiger partial charge on any atom is -0.493 e. The van der Waals surface area contributed by atoms with Crippen LogP contribution in [0.4, 0.5) is 5.95 Å². The van der Waals surface area contributed by atoms with E-state index in [0.29, 0.717) is 29.2 Å². The average Bonchev–Trinajstić information content (AvgIpc) is 2.59. The van der Waals surface area contributed by atoms with E-state index in [1.807, 2.05) is 18.2 Å². The zero-order chi connectivity index (χ0) is 18.2. The summed E-state index contributed by atoms with van der Waals surface area (Å²) in [6, 6.07) is 7.38. The van der Waals surface area contributed by atoms with Crippen LogP contribution in [0.3, 0.4) is 0 Å². The van der Waals surface area contributed by atoms with Crippen molar-refractivity contribution in [1.29, 1.82) is 0 Å². The van der Waals surface area contributed by atoms with E-state index in [1.165, 1.54) is 0 Å². The maximum absolute atomic E-state index is 11.8. The molecular formula is C18H25N3O3S. The Morgan fingerprint density at radius 3 is 2.64 bits per heavy atom. The van der Waals surface area contributed by atoms with Gasteiger partial charge < -0.3 is 14.8 Å². The van der Waals surface area contributed by atoms with E-state index in [2.05, 4.69) is 29.1 Å². The van der Waals surface area contributed by atoms with Crippen LogP contribution in [0.15, 0.2) is 29.1 Å². The van der Waals surface area contributed by atoms with E-state index in [9.17, 15) is 4.79 Å². The number of aromatic amines is 1. The molecule has 0 amide bonds. The van der Waals surface area contributed by atoms with Crippen LogP contribution >= 0.6 is 11.8 Å². The summed E-state index contributed by atoms with van der Waals surface area (Å²) in [6.45, 7) is 4.90. The molecule has 0 saturated carbocycles. The minimum atomic E-state index is -0.136. The Morgan fingerprint density at radius 1 is 1.20 bits per heavy atom. The fourth-order valence-electron chi connectivity index (χ4n) is 2.28. The quantitative estimate of drug-likeness (QED) is 0.713. The van der Waals surface area contributed by atoms with Gasteiger partial charge in [-0.25, -0.2) is 4.98 Å². The summed E-state index contributed by atoms with van der Waals surface area (Å²) in [5.74, 6) is 2.65. The summed E-state index contributed by atoms with van der Waals surface area (Å²) in [4.78, 5) is 19.0. The number of nitrogens with zero attached hydrogens (tertiary/aromatic N) is 1. The number of ether oxygens (including phenoxy) is 2. The van der Waals surface area contributed by atoms with Crippen molar-refractivity contribution in [1.82, 2.24) is 9.97 Å². The van der Waals surface area contributed by atoms with Crippen molar-refractivity contribution in [2.75, 3.05) is 26.1 Å². The number of anilines is 1. The molecule has 0 fully saturated rings. The van der Waals surface area contributed by atoms with Gasteiger partial charge >= 0.3 is 0 Å². The van der Waals surface area contributed by atoms with Crippen LogP contribution in [0.25, 0.3) is 0 Å². The lowest BCUT2D eigenvalue weighted by Gasteiger charge is -2.11. The lowest BCUT2D eigenvalue weighted by atomic mass is 10.1. The van der Waals surface area contributed by atoms with Crippen LogP contribution in [-0.4, -0.2) is 36.0 Å². The first kappa shape index (κ1) is 19.2. The Labute approximate surface area is 152 Å². The van der Waals surface area contributed by atoms with Crippen molar-refractivity contribution in [3.05, 3.63) is 45.9 Å². The zero-order valence-electron chi connectivity index (χ0n) is 15.1. The Bertz CT molecular complexity index is 747. The van der Waals surface area contributed by atoms with Crippen molar-refractivity contribution in [3.63, 3.8) is 0 Å². The first-order valence-corrected chi connectivity index (χ1v) is 9.23. The van der Waals surface area contributed by atoms with Gasteiger partial charge in [-0.05, 0) is 29.4 Å². The highest BCUT2D eigenvalue weighted by molar-refractivity contribution is 7.99. The van der Waals surface area contributed by atoms with Crippen LogP contribution in [0.2, 0.25) is 0 Å². The van der Waals surface area contributed by atoms with Gasteiger partial charge in [-0.1, -0.05) is 19.9 Å². The Balaban J connectivity index is 1.96. The van der Waals surface area contributed by atoms with Crippen molar-refractivity contribution >= 4 is 17.7 Å². The molecule has 0 aliphatic rings. The molecule has 6 nitrogen and oxygen atoms in total. The van der Waals surface area contributed by atoms with Gasteiger partial charge in [-0.3, -0.25) is 9.78 Å². The molecular weight excluding hydrogens is 338 g/mol. The summed E-state index contributed by atoms with van der Waals surface area (Å²) >= 11 is 1.76. The molecule has 0 unspecified atom stereocenters. The largest absolute Gasteiger partial charge is 0.493 e. The lowest BCUT2D eigenvalue weighted by molar-refractivity contribution is 0.354. The van der Waals surface area contributed by atoms with E-state index in [4.69, 9.17) is 9.47 Å². The highest BCUT2D eigenvalue weighted by atomic mass is 32.2. The van der Waals surface area contributed by atoms with Crippen LogP contribution in [0.5, 0.6) is 11.5 Å². The molecule has 0 saturated heterocycles. The van der Waals surface area contributed by atoms with E-state index in [-0.39, 0.29) is 5.56 Å². The molecule has 1 aromatic heterocycles. The first-order chi connectivity index (χ1) is 12.0. The lowest BCUT2D eigenvalue weighted by Crippen LogP contribution is -2.15. The third kappa shape index (κ3) is 6.01. The molecule has 2 N–H and O–H groups in total. The number of nitrogens with one attached hydrogen (secondary N) is 2. The SMILES string of the molecule is COc1ccc(CCNc2nc(CSC(C)C)cc(=O)[nH]2)cc1OC. The summed E-state index contributed by atoms with van der Waals surface area (Å²) in [6.07, 6.45) is 0.773. The van der Waals surface area contributed by atoms with E-state index >= 15 is 0 Å². The molecule has 7 heteroatoms. The van der Waals surface area contributed by atoms with Gasteiger partial charge in [0.15, 0.2) is 11.5 Å². The highest BCUT2D eigenvalue weighted by Crippen LogP contribution is 2.27. The average molecular weight is 363 g/mol. The van der Waals surface area contributed by atoms with Gasteiger partial charge in [-0.2, -0.15) is 11.8 Å². The van der Waals surface area contributed by atoms with Gasteiger partial charge in [0.1, 0.15) is 0 Å². The van der Waals surface area contributed by atoms with Gasteiger partial charge in [0.2, 0.25) is 5.95 Å². The number of aromatic nitrogens is 2.